The number of aromatic nitrogens is 3. The fourth-order valence-corrected chi connectivity index (χ4v) is 11.2. The molecule has 7 rings (SSSR count). The molecule has 3 saturated carbocycles. The highest BCUT2D eigenvalue weighted by Gasteiger charge is 2.70. The quantitative estimate of drug-likeness (QED) is 0.400. The fraction of sp³-hybridized carbons (Fsp3) is 0.727. The number of nitrogens with zero attached hydrogens (tertiary/aromatic N) is 3. The molecule has 0 saturated heterocycles. The average molecular weight is 516 g/mol. The standard InChI is InChI=1S/C33H45N3O2/c1-28(2)10-12-33(36-15-14-34-20-36)13-11-32(7)26(22(33)18-28)23(37)16-25-30(5)17-21-19-35-38-27(21)29(3,4)24(30)8-9-31(25,32)6/h14-16,19-20,22,24,26H,8-13,17-18H2,1-7H3/t22-,24-,26-,30-,31+,32+,33-/m0/s1. The van der Waals surface area contributed by atoms with Crippen LogP contribution in [0.25, 0.3) is 0 Å². The summed E-state index contributed by atoms with van der Waals surface area (Å²) in [5, 5.41) is 4.23. The van der Waals surface area contributed by atoms with E-state index in [1.165, 1.54) is 17.6 Å². The summed E-state index contributed by atoms with van der Waals surface area (Å²) >= 11 is 0. The first kappa shape index (κ1) is 24.8. The third kappa shape index (κ3) is 2.81. The van der Waals surface area contributed by atoms with Crippen LogP contribution < -0.4 is 0 Å². The summed E-state index contributed by atoms with van der Waals surface area (Å²) in [6.07, 6.45) is 19.1. The molecule has 3 fully saturated rings. The van der Waals surface area contributed by atoms with E-state index in [9.17, 15) is 4.79 Å². The Morgan fingerprint density at radius 3 is 2.50 bits per heavy atom. The van der Waals surface area contributed by atoms with E-state index in [0.717, 1.165) is 50.7 Å². The minimum atomic E-state index is -0.0989. The van der Waals surface area contributed by atoms with Crippen molar-refractivity contribution in [2.45, 2.75) is 111 Å². The highest BCUT2D eigenvalue weighted by molar-refractivity contribution is 5.95. The Labute approximate surface area is 227 Å². The SMILES string of the molecule is CC1(C)CC[C@]2(n3ccnc3)CC[C@]3(C)[C@H](C(=O)C=C4[C@@]5(C)Cc6cnoc6C(C)(C)[C@@H]5CC[C@]43C)[C@@H]2C1. The third-order valence-corrected chi connectivity index (χ3v) is 13.3. The van der Waals surface area contributed by atoms with Crippen molar-refractivity contribution in [1.29, 1.82) is 0 Å². The van der Waals surface area contributed by atoms with Crippen molar-refractivity contribution < 1.29 is 9.32 Å². The summed E-state index contributed by atoms with van der Waals surface area (Å²) in [6, 6.07) is 0. The summed E-state index contributed by atoms with van der Waals surface area (Å²) in [5.74, 6) is 2.27. The minimum absolute atomic E-state index is 0.00113. The molecule has 38 heavy (non-hydrogen) atoms. The van der Waals surface area contributed by atoms with E-state index in [1.807, 2.05) is 18.7 Å². The number of hydrogen-bond donors (Lipinski definition) is 0. The molecular formula is C33H45N3O2. The van der Waals surface area contributed by atoms with Gasteiger partial charge >= 0.3 is 0 Å². The van der Waals surface area contributed by atoms with Crippen molar-refractivity contribution >= 4 is 5.78 Å². The van der Waals surface area contributed by atoms with E-state index < -0.39 is 0 Å². The van der Waals surface area contributed by atoms with Crippen molar-refractivity contribution in [3.05, 3.63) is 47.9 Å². The minimum Gasteiger partial charge on any atom is -0.361 e. The Kier molecular flexibility index (Phi) is 4.78. The van der Waals surface area contributed by atoms with Gasteiger partial charge in [0.1, 0.15) is 5.76 Å². The number of rotatable bonds is 1. The summed E-state index contributed by atoms with van der Waals surface area (Å²) in [4.78, 5) is 19.1. The molecule has 5 aliphatic carbocycles. The van der Waals surface area contributed by atoms with E-state index in [-0.39, 0.29) is 38.5 Å². The van der Waals surface area contributed by atoms with Gasteiger partial charge in [-0.3, -0.25) is 4.79 Å². The van der Waals surface area contributed by atoms with Crippen molar-refractivity contribution in [3.63, 3.8) is 0 Å². The molecule has 0 radical (unpaired) electrons. The Morgan fingerprint density at radius 2 is 1.76 bits per heavy atom. The summed E-state index contributed by atoms with van der Waals surface area (Å²) < 4.78 is 8.23. The molecule has 0 bridgehead atoms. The van der Waals surface area contributed by atoms with E-state index in [4.69, 9.17) is 4.52 Å². The van der Waals surface area contributed by atoms with Crippen molar-refractivity contribution in [1.82, 2.24) is 14.7 Å². The molecule has 0 amide bonds. The van der Waals surface area contributed by atoms with E-state index >= 15 is 0 Å². The fourth-order valence-electron chi connectivity index (χ4n) is 11.2. The highest BCUT2D eigenvalue weighted by Crippen LogP contribution is 2.74. The average Bonchev–Trinajstić information content (AvgIpc) is 3.53. The number of allylic oxidation sites excluding steroid dienone is 2. The van der Waals surface area contributed by atoms with E-state index in [2.05, 4.69) is 75.4 Å². The monoisotopic (exact) mass is 515 g/mol. The first-order chi connectivity index (χ1) is 17.8. The van der Waals surface area contributed by atoms with E-state index in [0.29, 0.717) is 17.6 Å². The molecule has 5 nitrogen and oxygen atoms in total. The van der Waals surface area contributed by atoms with Crippen molar-refractivity contribution in [2.75, 3.05) is 0 Å². The van der Waals surface area contributed by atoms with Crippen LogP contribution in [-0.2, 0) is 22.2 Å². The molecule has 2 heterocycles. The number of carbonyl (C=O) groups excluding carboxylic acids is 1. The second-order valence-corrected chi connectivity index (χ2v) is 15.8. The Bertz CT molecular complexity index is 1330. The van der Waals surface area contributed by atoms with Gasteiger partial charge in [0.15, 0.2) is 5.78 Å². The smallest absolute Gasteiger partial charge is 0.159 e. The van der Waals surface area contributed by atoms with Crippen LogP contribution in [-0.4, -0.2) is 20.5 Å². The molecule has 0 N–H and O–H groups in total. The van der Waals surface area contributed by atoms with Gasteiger partial charge in [-0.15, -0.1) is 0 Å². The summed E-state index contributed by atoms with van der Waals surface area (Å²) in [6.45, 7) is 17.0. The Morgan fingerprint density at radius 1 is 1.00 bits per heavy atom. The zero-order valence-electron chi connectivity index (χ0n) is 24.4. The van der Waals surface area contributed by atoms with Crippen LogP contribution in [0.5, 0.6) is 0 Å². The number of imidazole rings is 1. The maximum atomic E-state index is 14.7. The molecule has 204 valence electrons. The Balaban J connectivity index is 1.39. The van der Waals surface area contributed by atoms with Crippen LogP contribution >= 0.6 is 0 Å². The maximum Gasteiger partial charge on any atom is 0.159 e. The molecule has 0 aliphatic heterocycles. The van der Waals surface area contributed by atoms with Gasteiger partial charge < -0.3 is 9.09 Å². The van der Waals surface area contributed by atoms with Gasteiger partial charge in [-0.05, 0) is 90.9 Å². The van der Waals surface area contributed by atoms with Crippen molar-refractivity contribution in [2.24, 2.45) is 39.4 Å². The maximum absolute atomic E-state index is 14.7. The largest absolute Gasteiger partial charge is 0.361 e. The van der Waals surface area contributed by atoms with Crippen LogP contribution in [0.15, 0.2) is 41.1 Å². The molecule has 0 aromatic carbocycles. The summed E-state index contributed by atoms with van der Waals surface area (Å²) in [5.41, 5.74) is 2.69. The molecule has 5 aliphatic rings. The van der Waals surface area contributed by atoms with Gasteiger partial charge in [-0.2, -0.15) is 0 Å². The van der Waals surface area contributed by atoms with Crippen LogP contribution in [0.2, 0.25) is 0 Å². The van der Waals surface area contributed by atoms with Gasteiger partial charge in [0, 0.05) is 34.8 Å². The van der Waals surface area contributed by atoms with Gasteiger partial charge in [0.25, 0.3) is 0 Å². The third-order valence-electron chi connectivity index (χ3n) is 13.3. The first-order valence-electron chi connectivity index (χ1n) is 15.0. The summed E-state index contributed by atoms with van der Waals surface area (Å²) in [7, 11) is 0. The second-order valence-electron chi connectivity index (χ2n) is 15.8. The zero-order chi connectivity index (χ0) is 26.9. The van der Waals surface area contributed by atoms with Gasteiger partial charge in [0.2, 0.25) is 0 Å². The van der Waals surface area contributed by atoms with E-state index in [1.54, 1.807) is 0 Å². The highest BCUT2D eigenvalue weighted by atomic mass is 16.5. The molecule has 0 unspecified atom stereocenters. The predicted octanol–water partition coefficient (Wildman–Crippen LogP) is 7.27. The normalized spacial score (nSPS) is 44.7. The van der Waals surface area contributed by atoms with Crippen molar-refractivity contribution in [3.8, 4) is 0 Å². The number of ketones is 1. The van der Waals surface area contributed by atoms with Crippen LogP contribution in [0.1, 0.15) is 105 Å². The molecule has 2 aromatic rings. The lowest BCUT2D eigenvalue weighted by Gasteiger charge is -2.69. The molecule has 5 heteroatoms. The molecular weight excluding hydrogens is 470 g/mol. The predicted molar refractivity (Wildman–Crippen MR) is 147 cm³/mol. The lowest BCUT2D eigenvalue weighted by atomic mass is 9.34. The van der Waals surface area contributed by atoms with Crippen LogP contribution in [0.3, 0.4) is 0 Å². The Hall–Kier alpha value is -2.17. The lowest BCUT2D eigenvalue weighted by molar-refractivity contribution is -0.168. The number of carbonyl (C=O) groups is 1. The first-order valence-corrected chi connectivity index (χ1v) is 15.0. The van der Waals surface area contributed by atoms with Gasteiger partial charge in [0.05, 0.1) is 12.5 Å². The van der Waals surface area contributed by atoms with Crippen LogP contribution in [0.4, 0.5) is 0 Å². The van der Waals surface area contributed by atoms with Gasteiger partial charge in [-0.1, -0.05) is 59.2 Å². The molecule has 7 atom stereocenters. The topological polar surface area (TPSA) is 60.9 Å². The lowest BCUT2D eigenvalue weighted by Crippen LogP contribution is -2.66. The van der Waals surface area contributed by atoms with Crippen LogP contribution in [0, 0.1) is 39.4 Å². The molecule has 2 aromatic heterocycles. The molecule has 0 spiro atoms. The second kappa shape index (κ2) is 7.31. The number of hydrogen-bond acceptors (Lipinski definition) is 4. The number of fused-ring (bicyclic) bond motifs is 8. The zero-order valence-corrected chi connectivity index (χ0v) is 24.4. The van der Waals surface area contributed by atoms with Gasteiger partial charge in [-0.25, -0.2) is 4.98 Å².